The molecule has 0 aliphatic carbocycles. The van der Waals surface area contributed by atoms with Crippen molar-refractivity contribution in [2.24, 2.45) is 0 Å². The third-order valence-corrected chi connectivity index (χ3v) is 3.61. The zero-order chi connectivity index (χ0) is 17.2. The van der Waals surface area contributed by atoms with Crippen molar-refractivity contribution < 1.29 is 14.3 Å². The van der Waals surface area contributed by atoms with Crippen LogP contribution in [0.3, 0.4) is 0 Å². The van der Waals surface area contributed by atoms with Crippen LogP contribution >= 0.6 is 0 Å². The second kappa shape index (κ2) is 6.37. The molecule has 2 aromatic heterocycles. The van der Waals surface area contributed by atoms with E-state index < -0.39 is 11.5 Å². The van der Waals surface area contributed by atoms with Crippen molar-refractivity contribution in [2.45, 2.75) is 39.8 Å². The minimum absolute atomic E-state index is 0.00141. The Hall–Kier alpha value is -2.41. The van der Waals surface area contributed by atoms with Crippen LogP contribution in [0.1, 0.15) is 41.4 Å². The summed E-state index contributed by atoms with van der Waals surface area (Å²) in [5.74, 6) is 0.852. The quantitative estimate of drug-likeness (QED) is 0.860. The van der Waals surface area contributed by atoms with E-state index in [9.17, 15) is 14.7 Å². The van der Waals surface area contributed by atoms with Gasteiger partial charge in [-0.15, -0.1) is 0 Å². The molecule has 7 heteroatoms. The van der Waals surface area contributed by atoms with Crippen LogP contribution in [-0.4, -0.2) is 27.3 Å². The van der Waals surface area contributed by atoms with Gasteiger partial charge in [0, 0.05) is 18.2 Å². The summed E-state index contributed by atoms with van der Waals surface area (Å²) in [5.41, 5.74) is -0.777. The molecular formula is C16H21N3O4. The average Bonchev–Trinajstić information content (AvgIpc) is 2.85. The smallest absolute Gasteiger partial charge is 0.271 e. The van der Waals surface area contributed by atoms with E-state index in [2.05, 4.69) is 10.4 Å². The Morgan fingerprint density at radius 2 is 2.13 bits per heavy atom. The van der Waals surface area contributed by atoms with Crippen molar-refractivity contribution >= 4 is 5.91 Å². The molecule has 2 rings (SSSR count). The van der Waals surface area contributed by atoms with Crippen LogP contribution < -0.4 is 10.9 Å². The summed E-state index contributed by atoms with van der Waals surface area (Å²) in [7, 11) is 0. The number of furan rings is 1. The molecule has 2 heterocycles. The first kappa shape index (κ1) is 17.0. The molecule has 0 saturated heterocycles. The Morgan fingerprint density at radius 1 is 1.43 bits per heavy atom. The Bertz CT molecular complexity index is 774. The lowest BCUT2D eigenvalue weighted by Gasteiger charge is -2.23. The van der Waals surface area contributed by atoms with Crippen molar-refractivity contribution in [2.75, 3.05) is 6.54 Å². The Balaban J connectivity index is 2.12. The minimum atomic E-state index is -1.27. The molecule has 23 heavy (non-hydrogen) atoms. The van der Waals surface area contributed by atoms with Gasteiger partial charge in [0.15, 0.2) is 0 Å². The van der Waals surface area contributed by atoms with Gasteiger partial charge in [0.2, 0.25) is 0 Å². The largest absolute Gasteiger partial charge is 0.466 e. The molecule has 0 saturated carbocycles. The predicted molar refractivity (Wildman–Crippen MR) is 84.3 cm³/mol. The molecule has 0 aromatic carbocycles. The fourth-order valence-electron chi connectivity index (χ4n) is 2.40. The number of rotatable bonds is 5. The van der Waals surface area contributed by atoms with Gasteiger partial charge in [-0.1, -0.05) is 0 Å². The normalized spacial score (nSPS) is 13.6. The van der Waals surface area contributed by atoms with Gasteiger partial charge in [-0.2, -0.15) is 5.10 Å². The summed E-state index contributed by atoms with van der Waals surface area (Å²) >= 11 is 0. The number of hydrogen-bond donors (Lipinski definition) is 2. The highest BCUT2D eigenvalue weighted by molar-refractivity contribution is 5.92. The number of hydrogen-bond acceptors (Lipinski definition) is 5. The molecular weight excluding hydrogens is 298 g/mol. The van der Waals surface area contributed by atoms with Crippen LogP contribution in [-0.2, 0) is 12.1 Å². The van der Waals surface area contributed by atoms with Crippen molar-refractivity contribution in [3.63, 3.8) is 0 Å². The molecule has 2 aromatic rings. The molecule has 0 aliphatic rings. The van der Waals surface area contributed by atoms with Crippen LogP contribution in [0.2, 0.25) is 0 Å². The summed E-state index contributed by atoms with van der Waals surface area (Å²) < 4.78 is 6.62. The van der Waals surface area contributed by atoms with Crippen LogP contribution in [0, 0.1) is 13.8 Å². The third-order valence-electron chi connectivity index (χ3n) is 3.61. The summed E-state index contributed by atoms with van der Waals surface area (Å²) in [6, 6.07) is 4.41. The maximum atomic E-state index is 12.2. The summed E-state index contributed by atoms with van der Waals surface area (Å²) in [6.07, 6.45) is 0. The molecule has 7 nitrogen and oxygen atoms in total. The number of nitrogens with one attached hydrogen (secondary N) is 1. The van der Waals surface area contributed by atoms with Gasteiger partial charge in [-0.25, -0.2) is 4.68 Å². The highest BCUT2D eigenvalue weighted by Crippen LogP contribution is 2.26. The minimum Gasteiger partial charge on any atom is -0.466 e. The number of carbonyl (C=O) groups excluding carboxylic acids is 1. The van der Waals surface area contributed by atoms with E-state index in [-0.39, 0.29) is 17.8 Å². The number of aryl methyl sites for hydroxylation is 3. The number of aliphatic hydroxyl groups is 1. The predicted octanol–water partition coefficient (Wildman–Crippen LogP) is 1.11. The van der Waals surface area contributed by atoms with Gasteiger partial charge in [0.1, 0.15) is 22.8 Å². The van der Waals surface area contributed by atoms with Gasteiger partial charge in [-0.05, 0) is 39.8 Å². The van der Waals surface area contributed by atoms with Gasteiger partial charge >= 0.3 is 0 Å². The van der Waals surface area contributed by atoms with E-state index in [1.807, 2.05) is 0 Å². The SMILES string of the molecule is CCn1nc(C(=O)NCC(C)(O)c2cc(C)oc2C)ccc1=O. The molecule has 1 unspecified atom stereocenters. The highest BCUT2D eigenvalue weighted by atomic mass is 16.3. The summed E-state index contributed by atoms with van der Waals surface area (Å²) in [4.78, 5) is 23.7. The second-order valence-corrected chi connectivity index (χ2v) is 5.66. The first-order valence-electron chi connectivity index (χ1n) is 7.41. The topological polar surface area (TPSA) is 97.4 Å². The summed E-state index contributed by atoms with van der Waals surface area (Å²) in [6.45, 7) is 7.31. The zero-order valence-electron chi connectivity index (χ0n) is 13.7. The maximum Gasteiger partial charge on any atom is 0.271 e. The lowest BCUT2D eigenvalue weighted by Crippen LogP contribution is -2.39. The van der Waals surface area contributed by atoms with E-state index in [0.717, 1.165) is 0 Å². The Morgan fingerprint density at radius 3 is 2.70 bits per heavy atom. The fraction of sp³-hybridized carbons (Fsp3) is 0.438. The van der Waals surface area contributed by atoms with Crippen molar-refractivity contribution in [3.8, 4) is 0 Å². The standard InChI is InChI=1S/C16H21N3O4/c1-5-19-14(20)7-6-13(18-19)15(21)17-9-16(4,22)12-8-10(2)23-11(12)3/h6-8,22H,5,9H2,1-4H3,(H,17,21). The van der Waals surface area contributed by atoms with Crippen molar-refractivity contribution in [1.82, 2.24) is 15.1 Å². The van der Waals surface area contributed by atoms with E-state index in [1.165, 1.54) is 16.8 Å². The van der Waals surface area contributed by atoms with Gasteiger partial charge in [0.25, 0.3) is 11.5 Å². The molecule has 0 aliphatic heterocycles. The number of carbonyl (C=O) groups is 1. The maximum absolute atomic E-state index is 12.2. The lowest BCUT2D eigenvalue weighted by molar-refractivity contribution is 0.0512. The highest BCUT2D eigenvalue weighted by Gasteiger charge is 2.28. The number of nitrogens with zero attached hydrogens (tertiary/aromatic N) is 2. The molecule has 0 bridgehead atoms. The van der Waals surface area contributed by atoms with Gasteiger partial charge in [-0.3, -0.25) is 9.59 Å². The molecule has 0 fully saturated rings. The van der Waals surface area contributed by atoms with E-state index in [1.54, 1.807) is 33.8 Å². The molecule has 0 radical (unpaired) electrons. The van der Waals surface area contributed by atoms with E-state index in [4.69, 9.17) is 4.42 Å². The van der Waals surface area contributed by atoms with Crippen molar-refractivity contribution in [1.29, 1.82) is 0 Å². The third kappa shape index (κ3) is 3.68. The number of aromatic nitrogens is 2. The Labute approximate surface area is 133 Å². The molecule has 0 spiro atoms. The monoisotopic (exact) mass is 319 g/mol. The number of amides is 1. The molecule has 1 atom stereocenters. The lowest BCUT2D eigenvalue weighted by atomic mass is 9.96. The van der Waals surface area contributed by atoms with Crippen LogP contribution in [0.15, 0.2) is 27.4 Å². The molecule has 1 amide bonds. The Kier molecular flexibility index (Phi) is 4.70. The van der Waals surface area contributed by atoms with E-state index >= 15 is 0 Å². The molecule has 2 N–H and O–H groups in total. The van der Waals surface area contributed by atoms with Gasteiger partial charge in [0.05, 0.1) is 6.54 Å². The second-order valence-electron chi connectivity index (χ2n) is 5.66. The fourth-order valence-corrected chi connectivity index (χ4v) is 2.40. The van der Waals surface area contributed by atoms with E-state index in [0.29, 0.717) is 23.6 Å². The van der Waals surface area contributed by atoms with Crippen LogP contribution in [0.25, 0.3) is 0 Å². The zero-order valence-corrected chi connectivity index (χ0v) is 13.7. The van der Waals surface area contributed by atoms with Gasteiger partial charge < -0.3 is 14.8 Å². The molecule has 124 valence electrons. The van der Waals surface area contributed by atoms with Crippen molar-refractivity contribution in [3.05, 3.63) is 51.3 Å². The van der Waals surface area contributed by atoms with Crippen LogP contribution in [0.5, 0.6) is 0 Å². The summed E-state index contributed by atoms with van der Waals surface area (Å²) in [5, 5.41) is 17.2. The first-order chi connectivity index (χ1) is 10.7. The first-order valence-corrected chi connectivity index (χ1v) is 7.41. The van der Waals surface area contributed by atoms with Crippen LogP contribution in [0.4, 0.5) is 0 Å². The average molecular weight is 319 g/mol.